The average molecular weight is 369 g/mol. The van der Waals surface area contributed by atoms with Crippen LogP contribution >= 0.6 is 11.3 Å². The molecule has 1 N–H and O–H groups in total. The monoisotopic (exact) mass is 369 g/mol. The lowest BCUT2D eigenvalue weighted by Gasteiger charge is -2.37. The molecule has 4 heterocycles. The SMILES string of the molecule is Cc1cc(C(=O)N2CC(C(=O)Nc3nc(-c4cccnc4)cs3)C2)no1. The molecule has 1 aliphatic rings. The third kappa shape index (κ3) is 3.21. The van der Waals surface area contributed by atoms with Gasteiger partial charge in [0.2, 0.25) is 5.91 Å². The Bertz CT molecular complexity index is 946. The second-order valence-corrected chi connectivity index (χ2v) is 6.86. The van der Waals surface area contributed by atoms with Crippen LogP contribution in [0.15, 0.2) is 40.5 Å². The van der Waals surface area contributed by atoms with Crippen LogP contribution in [0.4, 0.5) is 5.13 Å². The lowest BCUT2D eigenvalue weighted by atomic mass is 9.99. The third-order valence-electron chi connectivity index (χ3n) is 4.08. The van der Waals surface area contributed by atoms with Crippen molar-refractivity contribution in [2.75, 3.05) is 18.4 Å². The van der Waals surface area contributed by atoms with Gasteiger partial charge in [0.25, 0.3) is 5.91 Å². The number of thiazole rings is 1. The molecule has 3 aromatic rings. The van der Waals surface area contributed by atoms with Gasteiger partial charge in [-0.25, -0.2) is 4.98 Å². The topological polar surface area (TPSA) is 101 Å². The molecule has 3 aromatic heterocycles. The molecule has 0 bridgehead atoms. The van der Waals surface area contributed by atoms with Gasteiger partial charge in [-0.3, -0.25) is 14.6 Å². The van der Waals surface area contributed by atoms with Crippen LogP contribution in [0.2, 0.25) is 0 Å². The Morgan fingerprint density at radius 1 is 1.38 bits per heavy atom. The zero-order valence-corrected chi connectivity index (χ0v) is 14.7. The van der Waals surface area contributed by atoms with Gasteiger partial charge in [0.05, 0.1) is 11.6 Å². The number of nitrogens with zero attached hydrogens (tertiary/aromatic N) is 4. The van der Waals surface area contributed by atoms with Crippen molar-refractivity contribution >= 4 is 28.3 Å². The minimum absolute atomic E-state index is 0.141. The smallest absolute Gasteiger partial charge is 0.276 e. The minimum Gasteiger partial charge on any atom is -0.361 e. The number of aromatic nitrogens is 3. The summed E-state index contributed by atoms with van der Waals surface area (Å²) < 4.78 is 4.91. The van der Waals surface area contributed by atoms with Crippen LogP contribution in [0.25, 0.3) is 11.3 Å². The first-order valence-corrected chi connectivity index (χ1v) is 8.87. The van der Waals surface area contributed by atoms with Crippen molar-refractivity contribution < 1.29 is 14.1 Å². The number of carbonyl (C=O) groups excluding carboxylic acids is 2. The quantitative estimate of drug-likeness (QED) is 0.757. The number of carbonyl (C=O) groups is 2. The van der Waals surface area contributed by atoms with Crippen LogP contribution in [0, 0.1) is 12.8 Å². The first-order chi connectivity index (χ1) is 12.6. The number of anilines is 1. The second-order valence-electron chi connectivity index (χ2n) is 6.00. The van der Waals surface area contributed by atoms with Gasteiger partial charge in [-0.15, -0.1) is 11.3 Å². The van der Waals surface area contributed by atoms with Gasteiger partial charge in [0.1, 0.15) is 5.76 Å². The molecule has 0 saturated carbocycles. The normalized spacial score (nSPS) is 14.1. The molecule has 0 unspecified atom stereocenters. The fourth-order valence-electron chi connectivity index (χ4n) is 2.62. The highest BCUT2D eigenvalue weighted by molar-refractivity contribution is 7.14. The summed E-state index contributed by atoms with van der Waals surface area (Å²) in [6, 6.07) is 5.34. The average Bonchev–Trinajstić information content (AvgIpc) is 3.23. The van der Waals surface area contributed by atoms with E-state index in [-0.39, 0.29) is 23.4 Å². The highest BCUT2D eigenvalue weighted by Crippen LogP contribution is 2.26. The Balaban J connectivity index is 1.33. The second kappa shape index (κ2) is 6.68. The van der Waals surface area contributed by atoms with E-state index in [2.05, 4.69) is 20.4 Å². The van der Waals surface area contributed by atoms with E-state index in [0.29, 0.717) is 24.0 Å². The van der Waals surface area contributed by atoms with E-state index in [0.717, 1.165) is 11.3 Å². The van der Waals surface area contributed by atoms with Crippen molar-refractivity contribution in [3.8, 4) is 11.3 Å². The molecule has 1 aliphatic heterocycles. The molecule has 0 radical (unpaired) electrons. The number of rotatable bonds is 4. The summed E-state index contributed by atoms with van der Waals surface area (Å²) in [5.74, 6) is -0.0365. The molecular weight excluding hydrogens is 354 g/mol. The fourth-order valence-corrected chi connectivity index (χ4v) is 3.35. The summed E-state index contributed by atoms with van der Waals surface area (Å²) in [7, 11) is 0. The van der Waals surface area contributed by atoms with E-state index in [1.807, 2.05) is 17.5 Å². The molecule has 0 spiro atoms. The zero-order valence-electron chi connectivity index (χ0n) is 13.9. The summed E-state index contributed by atoms with van der Waals surface area (Å²) in [4.78, 5) is 34.5. The van der Waals surface area contributed by atoms with Crippen LogP contribution in [-0.4, -0.2) is 44.9 Å². The number of nitrogens with one attached hydrogen (secondary N) is 1. The van der Waals surface area contributed by atoms with Crippen molar-refractivity contribution in [2.24, 2.45) is 5.92 Å². The van der Waals surface area contributed by atoms with E-state index in [9.17, 15) is 9.59 Å². The van der Waals surface area contributed by atoms with E-state index in [1.54, 1.807) is 30.3 Å². The number of hydrogen-bond donors (Lipinski definition) is 1. The Hall–Kier alpha value is -3.07. The Morgan fingerprint density at radius 2 is 2.23 bits per heavy atom. The van der Waals surface area contributed by atoms with Crippen molar-refractivity contribution in [1.82, 2.24) is 20.0 Å². The van der Waals surface area contributed by atoms with Crippen molar-refractivity contribution in [1.29, 1.82) is 0 Å². The van der Waals surface area contributed by atoms with Gasteiger partial charge in [-0.1, -0.05) is 5.16 Å². The highest BCUT2D eigenvalue weighted by Gasteiger charge is 2.37. The zero-order chi connectivity index (χ0) is 18.1. The van der Waals surface area contributed by atoms with Crippen LogP contribution in [-0.2, 0) is 4.79 Å². The number of pyridine rings is 1. The first-order valence-electron chi connectivity index (χ1n) is 7.99. The lowest BCUT2D eigenvalue weighted by Crippen LogP contribution is -2.54. The van der Waals surface area contributed by atoms with Crippen molar-refractivity contribution in [3.63, 3.8) is 0 Å². The van der Waals surface area contributed by atoms with Crippen LogP contribution < -0.4 is 5.32 Å². The van der Waals surface area contributed by atoms with Crippen LogP contribution in [0.5, 0.6) is 0 Å². The van der Waals surface area contributed by atoms with E-state index >= 15 is 0 Å². The molecule has 26 heavy (non-hydrogen) atoms. The molecule has 8 nitrogen and oxygen atoms in total. The predicted octanol–water partition coefficient (Wildman–Crippen LogP) is 2.21. The Kier molecular flexibility index (Phi) is 4.21. The predicted molar refractivity (Wildman–Crippen MR) is 94.6 cm³/mol. The largest absolute Gasteiger partial charge is 0.361 e. The molecule has 0 aliphatic carbocycles. The fraction of sp³-hybridized carbons (Fsp3) is 0.235. The number of hydrogen-bond acceptors (Lipinski definition) is 7. The number of likely N-dealkylation sites (tertiary alicyclic amines) is 1. The lowest BCUT2D eigenvalue weighted by molar-refractivity contribution is -0.123. The molecule has 1 fully saturated rings. The van der Waals surface area contributed by atoms with Crippen molar-refractivity contribution in [3.05, 3.63) is 47.4 Å². The number of amides is 2. The summed E-state index contributed by atoms with van der Waals surface area (Å²) in [5.41, 5.74) is 1.93. The van der Waals surface area contributed by atoms with Gasteiger partial charge in [0.15, 0.2) is 10.8 Å². The third-order valence-corrected chi connectivity index (χ3v) is 4.84. The van der Waals surface area contributed by atoms with Crippen molar-refractivity contribution in [2.45, 2.75) is 6.92 Å². The summed E-state index contributed by atoms with van der Waals surface area (Å²) >= 11 is 1.36. The van der Waals surface area contributed by atoms with E-state index in [4.69, 9.17) is 4.52 Å². The maximum Gasteiger partial charge on any atom is 0.276 e. The van der Waals surface area contributed by atoms with Crippen LogP contribution in [0.1, 0.15) is 16.2 Å². The summed E-state index contributed by atoms with van der Waals surface area (Å²) in [5, 5.41) is 8.93. The molecule has 2 amide bonds. The summed E-state index contributed by atoms with van der Waals surface area (Å²) in [6.07, 6.45) is 3.42. The summed E-state index contributed by atoms with van der Waals surface area (Å²) in [6.45, 7) is 2.44. The highest BCUT2D eigenvalue weighted by atomic mass is 32.1. The molecule has 4 rings (SSSR count). The van der Waals surface area contributed by atoms with E-state index in [1.165, 1.54) is 11.3 Å². The standard InChI is InChI=1S/C17H15N5O3S/c1-10-5-13(21-25-10)16(24)22-7-12(8-22)15(23)20-17-19-14(9-26-17)11-3-2-4-18-6-11/h2-6,9,12H,7-8H2,1H3,(H,19,20,23). The van der Waals surface area contributed by atoms with Gasteiger partial charge < -0.3 is 14.7 Å². The van der Waals surface area contributed by atoms with E-state index < -0.39 is 0 Å². The Labute approximate surface area is 152 Å². The maximum atomic E-state index is 12.3. The van der Waals surface area contributed by atoms with Gasteiger partial charge >= 0.3 is 0 Å². The van der Waals surface area contributed by atoms with Gasteiger partial charge in [-0.2, -0.15) is 0 Å². The molecular formula is C17H15N5O3S. The van der Waals surface area contributed by atoms with Gasteiger partial charge in [0, 0.05) is 42.5 Å². The van der Waals surface area contributed by atoms with Crippen LogP contribution in [0.3, 0.4) is 0 Å². The van der Waals surface area contributed by atoms with Gasteiger partial charge in [-0.05, 0) is 19.1 Å². The minimum atomic E-state index is -0.252. The molecule has 1 saturated heterocycles. The first kappa shape index (κ1) is 16.4. The number of aryl methyl sites for hydroxylation is 1. The molecule has 0 aromatic carbocycles. The maximum absolute atomic E-state index is 12.3. The molecule has 0 atom stereocenters. The molecule has 132 valence electrons. The molecule has 9 heteroatoms. The Morgan fingerprint density at radius 3 is 2.92 bits per heavy atom.